The van der Waals surface area contributed by atoms with Crippen molar-refractivity contribution >= 4 is 17.7 Å². The minimum atomic E-state index is -0.897. The number of hydrogen-bond acceptors (Lipinski definition) is 5. The van der Waals surface area contributed by atoms with Crippen LogP contribution in [0.15, 0.2) is 0 Å². The van der Waals surface area contributed by atoms with Crippen LogP contribution < -0.4 is 0 Å². The van der Waals surface area contributed by atoms with Crippen LogP contribution in [0.4, 0.5) is 0 Å². The predicted octanol–water partition coefficient (Wildman–Crippen LogP) is 2.33. The van der Waals surface area contributed by atoms with E-state index in [2.05, 4.69) is 4.98 Å². The number of rotatable bonds is 6. The molecule has 0 fully saturated rings. The van der Waals surface area contributed by atoms with Crippen LogP contribution in [0.1, 0.15) is 58.8 Å². The second kappa shape index (κ2) is 7.06. The quantitative estimate of drug-likeness (QED) is 0.643. The SMILES string of the molecule is CCCC(=O)O[C@@H](C)C(=O)c1[nH]c(C)c(C(=O)OC)c1C. The van der Waals surface area contributed by atoms with E-state index < -0.39 is 18.0 Å². The lowest BCUT2D eigenvalue weighted by molar-refractivity contribution is -0.146. The molecular weight excluding hydrogens is 274 g/mol. The Morgan fingerprint density at radius 3 is 2.38 bits per heavy atom. The van der Waals surface area contributed by atoms with E-state index in [0.717, 1.165) is 0 Å². The highest BCUT2D eigenvalue weighted by atomic mass is 16.5. The molecule has 0 amide bonds. The fraction of sp³-hybridized carbons (Fsp3) is 0.533. The number of H-pyrrole nitrogens is 1. The predicted molar refractivity (Wildman–Crippen MR) is 76.4 cm³/mol. The first-order chi connectivity index (χ1) is 9.83. The molecule has 0 aliphatic heterocycles. The second-order valence-corrected chi connectivity index (χ2v) is 4.86. The Balaban J connectivity index is 2.98. The number of aromatic amines is 1. The molecular formula is C15H21NO5. The molecule has 0 saturated carbocycles. The van der Waals surface area contributed by atoms with E-state index in [1.807, 2.05) is 6.92 Å². The topological polar surface area (TPSA) is 85.5 Å². The molecule has 21 heavy (non-hydrogen) atoms. The van der Waals surface area contributed by atoms with Gasteiger partial charge in [0.05, 0.1) is 18.4 Å². The maximum absolute atomic E-state index is 12.3. The summed E-state index contributed by atoms with van der Waals surface area (Å²) in [5, 5.41) is 0. The molecule has 1 aromatic rings. The van der Waals surface area contributed by atoms with Gasteiger partial charge >= 0.3 is 11.9 Å². The summed E-state index contributed by atoms with van der Waals surface area (Å²) in [6, 6.07) is 0. The van der Waals surface area contributed by atoms with Crippen molar-refractivity contribution in [2.24, 2.45) is 0 Å². The van der Waals surface area contributed by atoms with Crippen molar-refractivity contribution < 1.29 is 23.9 Å². The van der Waals surface area contributed by atoms with Crippen LogP contribution >= 0.6 is 0 Å². The largest absolute Gasteiger partial charge is 0.465 e. The highest BCUT2D eigenvalue weighted by molar-refractivity contribution is 6.03. The zero-order valence-electron chi connectivity index (χ0n) is 13.0. The number of carbonyl (C=O) groups excluding carboxylic acids is 3. The summed E-state index contributed by atoms with van der Waals surface area (Å²) >= 11 is 0. The van der Waals surface area contributed by atoms with Crippen molar-refractivity contribution in [3.05, 3.63) is 22.5 Å². The fourth-order valence-corrected chi connectivity index (χ4v) is 2.12. The third-order valence-corrected chi connectivity index (χ3v) is 3.20. The Kier molecular flexibility index (Phi) is 5.69. The number of aryl methyl sites for hydroxylation is 1. The van der Waals surface area contributed by atoms with Crippen molar-refractivity contribution in [1.29, 1.82) is 0 Å². The lowest BCUT2D eigenvalue weighted by Crippen LogP contribution is -2.25. The molecule has 1 heterocycles. The van der Waals surface area contributed by atoms with Gasteiger partial charge in [0, 0.05) is 12.1 Å². The zero-order valence-corrected chi connectivity index (χ0v) is 13.0. The van der Waals surface area contributed by atoms with Gasteiger partial charge in [0.2, 0.25) is 5.78 Å². The van der Waals surface area contributed by atoms with Gasteiger partial charge in [-0.2, -0.15) is 0 Å². The normalized spacial score (nSPS) is 11.9. The lowest BCUT2D eigenvalue weighted by atomic mass is 10.1. The summed E-state index contributed by atoms with van der Waals surface area (Å²) in [6.07, 6.45) is 0.0342. The Hall–Kier alpha value is -2.11. The number of nitrogens with one attached hydrogen (secondary N) is 1. The molecule has 0 spiro atoms. The van der Waals surface area contributed by atoms with Gasteiger partial charge in [0.25, 0.3) is 0 Å². The van der Waals surface area contributed by atoms with E-state index in [0.29, 0.717) is 23.2 Å². The van der Waals surface area contributed by atoms with Gasteiger partial charge in [-0.05, 0) is 32.8 Å². The average molecular weight is 295 g/mol. The Morgan fingerprint density at radius 2 is 1.86 bits per heavy atom. The van der Waals surface area contributed by atoms with Crippen LogP contribution in [-0.2, 0) is 14.3 Å². The Labute approximate surface area is 123 Å². The monoisotopic (exact) mass is 295 g/mol. The van der Waals surface area contributed by atoms with E-state index in [9.17, 15) is 14.4 Å². The second-order valence-electron chi connectivity index (χ2n) is 4.86. The molecule has 6 heteroatoms. The van der Waals surface area contributed by atoms with E-state index in [1.54, 1.807) is 13.8 Å². The van der Waals surface area contributed by atoms with E-state index in [-0.39, 0.29) is 17.9 Å². The van der Waals surface area contributed by atoms with Crippen LogP contribution in [0.5, 0.6) is 0 Å². The minimum Gasteiger partial charge on any atom is -0.465 e. The number of methoxy groups -OCH3 is 1. The molecule has 116 valence electrons. The summed E-state index contributed by atoms with van der Waals surface area (Å²) in [5.74, 6) is -1.28. The molecule has 0 radical (unpaired) electrons. The van der Waals surface area contributed by atoms with Gasteiger partial charge in [0.15, 0.2) is 6.10 Å². The summed E-state index contributed by atoms with van der Waals surface area (Å²) in [5.41, 5.74) is 1.66. The van der Waals surface area contributed by atoms with Crippen molar-refractivity contribution in [2.45, 2.75) is 46.6 Å². The van der Waals surface area contributed by atoms with Gasteiger partial charge < -0.3 is 14.5 Å². The number of esters is 2. The average Bonchev–Trinajstić information content (AvgIpc) is 2.72. The highest BCUT2D eigenvalue weighted by Gasteiger charge is 2.27. The molecule has 1 rings (SSSR count). The molecule has 0 aliphatic rings. The van der Waals surface area contributed by atoms with Crippen LogP contribution in [0.25, 0.3) is 0 Å². The number of aromatic nitrogens is 1. The van der Waals surface area contributed by atoms with Gasteiger partial charge in [0.1, 0.15) is 0 Å². The number of Topliss-reactive ketones (excluding diaryl/α,β-unsaturated/α-hetero) is 1. The third kappa shape index (κ3) is 3.71. The molecule has 1 atom stereocenters. The van der Waals surface area contributed by atoms with Gasteiger partial charge in [-0.1, -0.05) is 6.92 Å². The van der Waals surface area contributed by atoms with Crippen LogP contribution in [0.2, 0.25) is 0 Å². The summed E-state index contributed by atoms with van der Waals surface area (Å²) in [6.45, 7) is 6.71. The molecule has 0 aromatic carbocycles. The van der Waals surface area contributed by atoms with Crippen molar-refractivity contribution in [2.75, 3.05) is 7.11 Å². The first kappa shape index (κ1) is 16.9. The molecule has 1 aromatic heterocycles. The first-order valence-electron chi connectivity index (χ1n) is 6.84. The smallest absolute Gasteiger partial charge is 0.339 e. The Bertz CT molecular complexity index is 559. The van der Waals surface area contributed by atoms with E-state index in [4.69, 9.17) is 9.47 Å². The first-order valence-corrected chi connectivity index (χ1v) is 6.84. The summed E-state index contributed by atoms with van der Waals surface area (Å²) in [7, 11) is 1.28. The van der Waals surface area contributed by atoms with Gasteiger partial charge in [-0.3, -0.25) is 9.59 Å². The maximum Gasteiger partial charge on any atom is 0.339 e. The molecule has 0 saturated heterocycles. The van der Waals surface area contributed by atoms with Gasteiger partial charge in [-0.15, -0.1) is 0 Å². The van der Waals surface area contributed by atoms with Crippen molar-refractivity contribution in [3.63, 3.8) is 0 Å². The summed E-state index contributed by atoms with van der Waals surface area (Å²) < 4.78 is 9.77. The Morgan fingerprint density at radius 1 is 1.24 bits per heavy atom. The summed E-state index contributed by atoms with van der Waals surface area (Å²) in [4.78, 5) is 38.3. The number of ketones is 1. The number of hydrogen-bond donors (Lipinski definition) is 1. The number of ether oxygens (including phenoxy) is 2. The van der Waals surface area contributed by atoms with Crippen LogP contribution in [0, 0.1) is 13.8 Å². The lowest BCUT2D eigenvalue weighted by Gasteiger charge is -2.11. The molecule has 6 nitrogen and oxygen atoms in total. The maximum atomic E-state index is 12.3. The molecule has 0 aliphatic carbocycles. The standard InChI is InChI=1S/C15H21NO5/c1-6-7-11(17)21-10(4)14(18)13-8(2)12(9(3)16-13)15(19)20-5/h10,16H,6-7H2,1-5H3/t10-/m0/s1. The minimum absolute atomic E-state index is 0.268. The van der Waals surface area contributed by atoms with Gasteiger partial charge in [-0.25, -0.2) is 4.79 Å². The van der Waals surface area contributed by atoms with Crippen molar-refractivity contribution in [1.82, 2.24) is 4.98 Å². The van der Waals surface area contributed by atoms with Crippen molar-refractivity contribution in [3.8, 4) is 0 Å². The zero-order chi connectivity index (χ0) is 16.2. The molecule has 0 unspecified atom stereocenters. The van der Waals surface area contributed by atoms with Crippen LogP contribution in [-0.4, -0.2) is 35.9 Å². The highest BCUT2D eigenvalue weighted by Crippen LogP contribution is 2.20. The molecule has 1 N–H and O–H groups in total. The fourth-order valence-electron chi connectivity index (χ4n) is 2.12. The van der Waals surface area contributed by atoms with E-state index in [1.165, 1.54) is 14.0 Å². The third-order valence-electron chi connectivity index (χ3n) is 3.20. The van der Waals surface area contributed by atoms with E-state index >= 15 is 0 Å². The molecule has 0 bridgehead atoms. The van der Waals surface area contributed by atoms with Crippen LogP contribution in [0.3, 0.4) is 0 Å². The number of carbonyl (C=O) groups is 3.